The summed E-state index contributed by atoms with van der Waals surface area (Å²) in [4.78, 5) is 27.0. The number of nitrogens with zero attached hydrogens (tertiary/aromatic N) is 1. The van der Waals surface area contributed by atoms with Crippen molar-refractivity contribution >= 4 is 17.5 Å². The van der Waals surface area contributed by atoms with Gasteiger partial charge in [-0.3, -0.25) is 9.59 Å². The minimum absolute atomic E-state index is 0.0192. The van der Waals surface area contributed by atoms with Crippen molar-refractivity contribution in [2.24, 2.45) is 5.92 Å². The van der Waals surface area contributed by atoms with Crippen molar-refractivity contribution in [2.45, 2.75) is 45.6 Å². The molecule has 2 amide bonds. The first-order valence-corrected chi connectivity index (χ1v) is 8.65. The Kier molecular flexibility index (Phi) is 4.38. The van der Waals surface area contributed by atoms with E-state index in [0.717, 1.165) is 17.7 Å². The maximum atomic E-state index is 13.0. The van der Waals surface area contributed by atoms with Gasteiger partial charge >= 0.3 is 0 Å². The van der Waals surface area contributed by atoms with Crippen molar-refractivity contribution in [1.29, 1.82) is 0 Å². The van der Waals surface area contributed by atoms with Gasteiger partial charge in [0.1, 0.15) is 0 Å². The molecule has 130 valence electrons. The second-order valence-corrected chi connectivity index (χ2v) is 7.70. The van der Waals surface area contributed by atoms with Gasteiger partial charge in [0.25, 0.3) is 5.91 Å². The van der Waals surface area contributed by atoms with Gasteiger partial charge in [0.2, 0.25) is 5.91 Å². The average molecular weight is 330 g/mol. The van der Waals surface area contributed by atoms with Gasteiger partial charge in [0.15, 0.2) is 0 Å². The summed E-state index contributed by atoms with van der Waals surface area (Å²) in [6.07, 6.45) is 0.931. The fourth-order valence-electron chi connectivity index (χ4n) is 3.55. The van der Waals surface area contributed by atoms with Crippen molar-refractivity contribution in [2.75, 3.05) is 25.1 Å². The highest BCUT2D eigenvalue weighted by atomic mass is 16.5. The third-order valence-electron chi connectivity index (χ3n) is 4.99. The first-order valence-electron chi connectivity index (χ1n) is 8.65. The van der Waals surface area contributed by atoms with Crippen LogP contribution in [0.15, 0.2) is 18.2 Å². The van der Waals surface area contributed by atoms with Gasteiger partial charge in [-0.15, -0.1) is 0 Å². The number of anilines is 1. The van der Waals surface area contributed by atoms with E-state index in [4.69, 9.17) is 4.74 Å². The van der Waals surface area contributed by atoms with Crippen LogP contribution in [0.1, 0.15) is 50.0 Å². The fourth-order valence-corrected chi connectivity index (χ4v) is 3.55. The molecule has 0 aromatic heterocycles. The SMILES string of the molecule is CC(C)CC1COCCN1C(=O)c1ccc2c(c1)NC(=O)C2(C)C. The van der Waals surface area contributed by atoms with Crippen LogP contribution in [0.25, 0.3) is 0 Å². The highest BCUT2D eigenvalue weighted by molar-refractivity contribution is 6.07. The second kappa shape index (κ2) is 6.20. The molecule has 2 aliphatic heterocycles. The molecule has 0 saturated carbocycles. The summed E-state index contributed by atoms with van der Waals surface area (Å²) in [5.41, 5.74) is 1.78. The molecule has 1 unspecified atom stereocenters. The Morgan fingerprint density at radius 1 is 1.42 bits per heavy atom. The Morgan fingerprint density at radius 2 is 2.17 bits per heavy atom. The Hall–Kier alpha value is -1.88. The summed E-state index contributed by atoms with van der Waals surface area (Å²) in [7, 11) is 0. The van der Waals surface area contributed by atoms with E-state index in [0.29, 0.717) is 31.2 Å². The third-order valence-corrected chi connectivity index (χ3v) is 4.99. The van der Waals surface area contributed by atoms with E-state index < -0.39 is 5.41 Å². The number of amides is 2. The smallest absolute Gasteiger partial charge is 0.254 e. The molecular weight excluding hydrogens is 304 g/mol. The molecule has 24 heavy (non-hydrogen) atoms. The van der Waals surface area contributed by atoms with Gasteiger partial charge < -0.3 is 15.0 Å². The van der Waals surface area contributed by atoms with Crippen LogP contribution in [0.4, 0.5) is 5.69 Å². The second-order valence-electron chi connectivity index (χ2n) is 7.70. The zero-order chi connectivity index (χ0) is 17.5. The van der Waals surface area contributed by atoms with Crippen molar-refractivity contribution in [3.8, 4) is 0 Å². The topological polar surface area (TPSA) is 58.6 Å². The molecule has 1 saturated heterocycles. The molecule has 2 aliphatic rings. The molecule has 5 heteroatoms. The third kappa shape index (κ3) is 2.93. The molecule has 1 aromatic rings. The van der Waals surface area contributed by atoms with Crippen LogP contribution in [0.3, 0.4) is 0 Å². The molecular formula is C19H26N2O3. The van der Waals surface area contributed by atoms with Gasteiger partial charge in [0, 0.05) is 17.8 Å². The van der Waals surface area contributed by atoms with Crippen molar-refractivity contribution in [3.63, 3.8) is 0 Å². The fraction of sp³-hybridized carbons (Fsp3) is 0.579. The van der Waals surface area contributed by atoms with Gasteiger partial charge in [0.05, 0.1) is 24.7 Å². The number of hydrogen-bond donors (Lipinski definition) is 1. The van der Waals surface area contributed by atoms with Crippen LogP contribution in [0, 0.1) is 5.92 Å². The number of carbonyl (C=O) groups is 2. The van der Waals surface area contributed by atoms with E-state index in [2.05, 4.69) is 19.2 Å². The minimum Gasteiger partial charge on any atom is -0.377 e. The number of fused-ring (bicyclic) bond motifs is 1. The monoisotopic (exact) mass is 330 g/mol. The molecule has 3 rings (SSSR count). The summed E-state index contributed by atoms with van der Waals surface area (Å²) in [6, 6.07) is 5.67. The van der Waals surface area contributed by atoms with E-state index >= 15 is 0 Å². The van der Waals surface area contributed by atoms with Gasteiger partial charge in [-0.2, -0.15) is 0 Å². The van der Waals surface area contributed by atoms with Crippen LogP contribution in [0.2, 0.25) is 0 Å². The zero-order valence-electron chi connectivity index (χ0n) is 14.9. The van der Waals surface area contributed by atoms with Crippen molar-refractivity contribution in [1.82, 2.24) is 4.90 Å². The van der Waals surface area contributed by atoms with Crippen LogP contribution in [0.5, 0.6) is 0 Å². The zero-order valence-corrected chi connectivity index (χ0v) is 14.9. The maximum Gasteiger partial charge on any atom is 0.254 e. The number of rotatable bonds is 3. The number of hydrogen-bond acceptors (Lipinski definition) is 3. The van der Waals surface area contributed by atoms with E-state index in [1.807, 2.05) is 36.9 Å². The number of morpholine rings is 1. The molecule has 2 heterocycles. The number of ether oxygens (including phenoxy) is 1. The molecule has 1 atom stereocenters. The largest absolute Gasteiger partial charge is 0.377 e. The van der Waals surface area contributed by atoms with E-state index in [-0.39, 0.29) is 17.9 Å². The molecule has 1 N–H and O–H groups in total. The highest BCUT2D eigenvalue weighted by Crippen LogP contribution is 2.37. The minimum atomic E-state index is -0.546. The van der Waals surface area contributed by atoms with Gasteiger partial charge in [-0.1, -0.05) is 19.9 Å². The number of benzene rings is 1. The lowest BCUT2D eigenvalue weighted by Gasteiger charge is -2.36. The molecule has 0 radical (unpaired) electrons. The molecule has 1 aromatic carbocycles. The van der Waals surface area contributed by atoms with Crippen LogP contribution in [-0.4, -0.2) is 42.5 Å². The Bertz CT molecular complexity index is 667. The summed E-state index contributed by atoms with van der Waals surface area (Å²) in [5, 5.41) is 2.89. The van der Waals surface area contributed by atoms with E-state index in [9.17, 15) is 9.59 Å². The lowest BCUT2D eigenvalue weighted by atomic mass is 9.86. The standard InChI is InChI=1S/C19H26N2O3/c1-12(2)9-14-11-24-8-7-21(14)17(22)13-5-6-15-16(10-13)20-18(23)19(15,3)4/h5-6,10,12,14H,7-9,11H2,1-4H3,(H,20,23). The highest BCUT2D eigenvalue weighted by Gasteiger charge is 2.39. The molecule has 1 fully saturated rings. The van der Waals surface area contributed by atoms with Crippen LogP contribution in [-0.2, 0) is 14.9 Å². The summed E-state index contributed by atoms with van der Waals surface area (Å²) >= 11 is 0. The predicted octanol–water partition coefficient (Wildman–Crippen LogP) is 2.80. The number of carbonyl (C=O) groups excluding carboxylic acids is 2. The molecule has 0 spiro atoms. The maximum absolute atomic E-state index is 13.0. The molecule has 0 bridgehead atoms. The average Bonchev–Trinajstić information content (AvgIpc) is 2.76. The summed E-state index contributed by atoms with van der Waals surface area (Å²) < 4.78 is 5.56. The first-order chi connectivity index (χ1) is 11.3. The molecule has 5 nitrogen and oxygen atoms in total. The predicted molar refractivity (Wildman–Crippen MR) is 93.2 cm³/mol. The van der Waals surface area contributed by atoms with Gasteiger partial charge in [-0.05, 0) is 43.9 Å². The van der Waals surface area contributed by atoms with E-state index in [1.165, 1.54) is 0 Å². The van der Waals surface area contributed by atoms with Crippen LogP contribution < -0.4 is 5.32 Å². The van der Waals surface area contributed by atoms with E-state index in [1.54, 1.807) is 0 Å². The summed E-state index contributed by atoms with van der Waals surface area (Å²) in [5.74, 6) is 0.504. The first kappa shape index (κ1) is 17.0. The lowest BCUT2D eigenvalue weighted by molar-refractivity contribution is -0.119. The van der Waals surface area contributed by atoms with Crippen LogP contribution >= 0.6 is 0 Å². The van der Waals surface area contributed by atoms with Crippen molar-refractivity contribution in [3.05, 3.63) is 29.3 Å². The summed E-state index contributed by atoms with van der Waals surface area (Å²) in [6.45, 7) is 9.90. The quantitative estimate of drug-likeness (QED) is 0.927. The Labute approximate surface area is 143 Å². The normalized spacial score (nSPS) is 22.5. The van der Waals surface area contributed by atoms with Gasteiger partial charge in [-0.25, -0.2) is 0 Å². The van der Waals surface area contributed by atoms with Crippen molar-refractivity contribution < 1.29 is 14.3 Å². The Morgan fingerprint density at radius 3 is 2.88 bits per heavy atom. The molecule has 0 aliphatic carbocycles. The lowest BCUT2D eigenvalue weighted by Crippen LogP contribution is -2.49. The Balaban J connectivity index is 1.85. The number of nitrogens with one attached hydrogen (secondary N) is 1.